The van der Waals surface area contributed by atoms with Crippen molar-refractivity contribution in [3.63, 3.8) is 0 Å². The molecule has 0 aliphatic carbocycles. The SMILES string of the molecule is CCc1c(F)ccc(C#N)c1C(=O)OC. The minimum Gasteiger partial charge on any atom is -0.465 e. The maximum Gasteiger partial charge on any atom is 0.339 e. The Morgan fingerprint density at radius 1 is 1.60 bits per heavy atom. The Kier molecular flexibility index (Phi) is 3.40. The monoisotopic (exact) mass is 207 g/mol. The lowest BCUT2D eigenvalue weighted by Gasteiger charge is -2.08. The first-order chi connectivity index (χ1) is 7.15. The average molecular weight is 207 g/mol. The van der Waals surface area contributed by atoms with E-state index in [1.807, 2.05) is 6.07 Å². The number of hydrogen-bond donors (Lipinski definition) is 0. The van der Waals surface area contributed by atoms with Crippen LogP contribution in [0.3, 0.4) is 0 Å². The van der Waals surface area contributed by atoms with Crippen LogP contribution in [-0.4, -0.2) is 13.1 Å². The summed E-state index contributed by atoms with van der Waals surface area (Å²) in [5.41, 5.74) is 0.392. The fourth-order valence-corrected chi connectivity index (χ4v) is 1.40. The van der Waals surface area contributed by atoms with Crippen molar-refractivity contribution in [3.8, 4) is 6.07 Å². The molecule has 15 heavy (non-hydrogen) atoms. The molecule has 0 aliphatic rings. The highest BCUT2D eigenvalue weighted by Crippen LogP contribution is 2.19. The van der Waals surface area contributed by atoms with E-state index in [0.717, 1.165) is 0 Å². The van der Waals surface area contributed by atoms with E-state index in [1.165, 1.54) is 19.2 Å². The third-order valence-electron chi connectivity index (χ3n) is 2.12. The highest BCUT2D eigenvalue weighted by molar-refractivity contribution is 5.93. The summed E-state index contributed by atoms with van der Waals surface area (Å²) in [5, 5.41) is 8.79. The number of nitriles is 1. The van der Waals surface area contributed by atoms with Crippen molar-refractivity contribution in [2.24, 2.45) is 0 Å². The van der Waals surface area contributed by atoms with Gasteiger partial charge in [0, 0.05) is 5.56 Å². The maximum atomic E-state index is 13.3. The molecular weight excluding hydrogens is 197 g/mol. The molecule has 0 atom stereocenters. The Morgan fingerprint density at radius 2 is 2.27 bits per heavy atom. The molecule has 4 heteroatoms. The van der Waals surface area contributed by atoms with Gasteiger partial charge in [0.25, 0.3) is 0 Å². The quantitative estimate of drug-likeness (QED) is 0.697. The number of carbonyl (C=O) groups is 1. The summed E-state index contributed by atoms with van der Waals surface area (Å²) < 4.78 is 17.9. The Labute approximate surface area is 87.1 Å². The van der Waals surface area contributed by atoms with Gasteiger partial charge in [0.1, 0.15) is 11.9 Å². The van der Waals surface area contributed by atoms with E-state index >= 15 is 0 Å². The maximum absolute atomic E-state index is 13.3. The zero-order valence-corrected chi connectivity index (χ0v) is 8.50. The van der Waals surface area contributed by atoms with Crippen molar-refractivity contribution in [2.45, 2.75) is 13.3 Å². The zero-order chi connectivity index (χ0) is 11.4. The molecule has 0 bridgehead atoms. The lowest BCUT2D eigenvalue weighted by atomic mass is 9.99. The summed E-state index contributed by atoms with van der Waals surface area (Å²) in [4.78, 5) is 11.4. The van der Waals surface area contributed by atoms with E-state index in [1.54, 1.807) is 6.92 Å². The van der Waals surface area contributed by atoms with E-state index in [0.29, 0.717) is 6.42 Å². The standard InChI is InChI=1S/C11H10FNO2/c1-3-8-9(12)5-4-7(6-13)10(8)11(14)15-2/h4-5H,3H2,1-2H3. The summed E-state index contributed by atoms with van der Waals surface area (Å²) in [6.45, 7) is 1.71. The van der Waals surface area contributed by atoms with Crippen molar-refractivity contribution >= 4 is 5.97 Å². The molecular formula is C11H10FNO2. The van der Waals surface area contributed by atoms with Gasteiger partial charge >= 0.3 is 5.97 Å². The number of carbonyl (C=O) groups excluding carboxylic acids is 1. The minimum absolute atomic E-state index is 0.0301. The van der Waals surface area contributed by atoms with Gasteiger partial charge in [-0.25, -0.2) is 9.18 Å². The molecule has 0 saturated carbocycles. The molecule has 1 rings (SSSR count). The lowest BCUT2D eigenvalue weighted by Crippen LogP contribution is -2.10. The predicted molar refractivity (Wildman–Crippen MR) is 51.8 cm³/mol. The molecule has 3 nitrogen and oxygen atoms in total. The normalized spacial score (nSPS) is 9.47. The third kappa shape index (κ3) is 1.96. The first-order valence-corrected chi connectivity index (χ1v) is 4.45. The largest absolute Gasteiger partial charge is 0.465 e. The Morgan fingerprint density at radius 3 is 2.73 bits per heavy atom. The fraction of sp³-hybridized carbons (Fsp3) is 0.273. The van der Waals surface area contributed by atoms with E-state index in [-0.39, 0.29) is 16.7 Å². The topological polar surface area (TPSA) is 50.1 Å². The first-order valence-electron chi connectivity index (χ1n) is 4.45. The van der Waals surface area contributed by atoms with Crippen molar-refractivity contribution < 1.29 is 13.9 Å². The van der Waals surface area contributed by atoms with E-state index in [4.69, 9.17) is 5.26 Å². The molecule has 0 amide bonds. The second-order valence-electron chi connectivity index (χ2n) is 2.91. The van der Waals surface area contributed by atoms with Crippen molar-refractivity contribution in [1.82, 2.24) is 0 Å². The number of rotatable bonds is 2. The van der Waals surface area contributed by atoms with Crippen LogP contribution in [0.5, 0.6) is 0 Å². The average Bonchev–Trinajstić information content (AvgIpc) is 2.27. The molecule has 0 spiro atoms. The number of nitrogens with zero attached hydrogens (tertiary/aromatic N) is 1. The predicted octanol–water partition coefficient (Wildman–Crippen LogP) is 2.05. The number of methoxy groups -OCH3 is 1. The minimum atomic E-state index is -0.678. The van der Waals surface area contributed by atoms with Gasteiger partial charge in [-0.2, -0.15) is 5.26 Å². The lowest BCUT2D eigenvalue weighted by molar-refractivity contribution is 0.0598. The van der Waals surface area contributed by atoms with Crippen LogP contribution in [-0.2, 0) is 11.2 Å². The van der Waals surface area contributed by atoms with Crippen LogP contribution in [0, 0.1) is 17.1 Å². The molecule has 0 aliphatic heterocycles. The Hall–Kier alpha value is -1.89. The number of hydrogen-bond acceptors (Lipinski definition) is 3. The number of halogens is 1. The zero-order valence-electron chi connectivity index (χ0n) is 8.50. The molecule has 0 unspecified atom stereocenters. The van der Waals surface area contributed by atoms with Gasteiger partial charge in [-0.15, -0.1) is 0 Å². The number of benzene rings is 1. The molecule has 0 aromatic heterocycles. The van der Waals surface area contributed by atoms with Crippen LogP contribution in [0.1, 0.15) is 28.4 Å². The first kappa shape index (κ1) is 11.2. The molecule has 1 aromatic rings. The number of esters is 1. The summed E-state index contributed by atoms with van der Waals surface area (Å²) in [6, 6.07) is 4.31. The van der Waals surface area contributed by atoms with Crippen LogP contribution >= 0.6 is 0 Å². The van der Waals surface area contributed by atoms with Gasteiger partial charge in [0.15, 0.2) is 0 Å². The summed E-state index contributed by atoms with van der Waals surface area (Å²) in [6.07, 6.45) is 0.339. The summed E-state index contributed by atoms with van der Waals surface area (Å²) in [5.74, 6) is -1.17. The summed E-state index contributed by atoms with van der Waals surface area (Å²) >= 11 is 0. The summed E-state index contributed by atoms with van der Waals surface area (Å²) in [7, 11) is 1.20. The van der Waals surface area contributed by atoms with Crippen LogP contribution in [0.15, 0.2) is 12.1 Å². The fourth-order valence-electron chi connectivity index (χ4n) is 1.40. The second-order valence-corrected chi connectivity index (χ2v) is 2.91. The van der Waals surface area contributed by atoms with Gasteiger partial charge in [-0.3, -0.25) is 0 Å². The van der Waals surface area contributed by atoms with Crippen molar-refractivity contribution in [3.05, 3.63) is 34.6 Å². The molecule has 0 saturated heterocycles. The van der Waals surface area contributed by atoms with Gasteiger partial charge in [0.05, 0.1) is 18.2 Å². The Balaban J connectivity index is 3.49. The van der Waals surface area contributed by atoms with Gasteiger partial charge in [-0.1, -0.05) is 6.92 Å². The Bertz CT molecular complexity index is 435. The van der Waals surface area contributed by atoms with Gasteiger partial charge in [0.2, 0.25) is 0 Å². The second kappa shape index (κ2) is 4.56. The molecule has 0 fully saturated rings. The van der Waals surface area contributed by atoms with Crippen LogP contribution in [0.2, 0.25) is 0 Å². The molecule has 0 heterocycles. The van der Waals surface area contributed by atoms with E-state index < -0.39 is 11.8 Å². The highest BCUT2D eigenvalue weighted by atomic mass is 19.1. The molecule has 78 valence electrons. The van der Waals surface area contributed by atoms with Gasteiger partial charge in [-0.05, 0) is 18.6 Å². The van der Waals surface area contributed by atoms with E-state index in [2.05, 4.69) is 4.74 Å². The number of ether oxygens (including phenoxy) is 1. The molecule has 0 N–H and O–H groups in total. The van der Waals surface area contributed by atoms with Gasteiger partial charge < -0.3 is 4.74 Å². The van der Waals surface area contributed by atoms with Crippen LogP contribution in [0.4, 0.5) is 4.39 Å². The van der Waals surface area contributed by atoms with Crippen molar-refractivity contribution in [1.29, 1.82) is 5.26 Å². The van der Waals surface area contributed by atoms with Crippen molar-refractivity contribution in [2.75, 3.05) is 7.11 Å². The van der Waals surface area contributed by atoms with Crippen LogP contribution < -0.4 is 0 Å². The third-order valence-corrected chi connectivity index (χ3v) is 2.12. The van der Waals surface area contributed by atoms with Crippen LogP contribution in [0.25, 0.3) is 0 Å². The highest BCUT2D eigenvalue weighted by Gasteiger charge is 2.19. The molecule has 0 radical (unpaired) electrons. The molecule has 1 aromatic carbocycles. The smallest absolute Gasteiger partial charge is 0.339 e. The van der Waals surface area contributed by atoms with E-state index in [9.17, 15) is 9.18 Å².